The molecular formula is C14H13FN2O2. The number of carbonyl (C=O) groups is 1. The summed E-state index contributed by atoms with van der Waals surface area (Å²) in [7, 11) is 0. The van der Waals surface area contributed by atoms with Crippen LogP contribution in [0.2, 0.25) is 0 Å². The quantitative estimate of drug-likeness (QED) is 0.918. The number of carboxylic acid groups (broad SMARTS) is 1. The fraction of sp³-hybridized carbons (Fsp3) is 0.214. The number of rotatable bonds is 4. The maximum atomic E-state index is 13.2. The lowest BCUT2D eigenvalue weighted by Gasteiger charge is -2.08. The molecule has 0 saturated carbocycles. The SMILES string of the molecule is CC(CC(=O)O)c1nccc(-c2cccc(F)c2)n1. The van der Waals surface area contributed by atoms with E-state index in [-0.39, 0.29) is 18.2 Å². The van der Waals surface area contributed by atoms with E-state index in [0.717, 1.165) is 0 Å². The smallest absolute Gasteiger partial charge is 0.304 e. The van der Waals surface area contributed by atoms with Crippen LogP contribution in [0.3, 0.4) is 0 Å². The Morgan fingerprint density at radius 3 is 2.89 bits per heavy atom. The third-order valence-electron chi connectivity index (χ3n) is 2.72. The minimum Gasteiger partial charge on any atom is -0.481 e. The molecule has 1 aromatic heterocycles. The lowest BCUT2D eigenvalue weighted by atomic mass is 10.1. The molecule has 5 heteroatoms. The Kier molecular flexibility index (Phi) is 3.85. The fourth-order valence-corrected chi connectivity index (χ4v) is 1.77. The molecule has 0 aliphatic carbocycles. The van der Waals surface area contributed by atoms with Crippen molar-refractivity contribution in [1.82, 2.24) is 9.97 Å². The molecule has 0 radical (unpaired) electrons. The van der Waals surface area contributed by atoms with Crippen LogP contribution in [0.1, 0.15) is 25.1 Å². The van der Waals surface area contributed by atoms with Crippen molar-refractivity contribution in [2.24, 2.45) is 0 Å². The fourth-order valence-electron chi connectivity index (χ4n) is 1.77. The van der Waals surface area contributed by atoms with Gasteiger partial charge in [-0.15, -0.1) is 0 Å². The Balaban J connectivity index is 2.31. The maximum absolute atomic E-state index is 13.2. The average Bonchev–Trinajstić information content (AvgIpc) is 2.38. The number of aromatic nitrogens is 2. The molecule has 0 bridgehead atoms. The first-order valence-electron chi connectivity index (χ1n) is 5.87. The number of carboxylic acids is 1. The summed E-state index contributed by atoms with van der Waals surface area (Å²) in [4.78, 5) is 19.0. The number of hydrogen-bond acceptors (Lipinski definition) is 3. The van der Waals surface area contributed by atoms with E-state index in [1.807, 2.05) is 0 Å². The van der Waals surface area contributed by atoms with Crippen LogP contribution >= 0.6 is 0 Å². The molecule has 1 heterocycles. The van der Waals surface area contributed by atoms with E-state index in [1.54, 1.807) is 31.3 Å². The third-order valence-corrected chi connectivity index (χ3v) is 2.72. The van der Waals surface area contributed by atoms with Crippen molar-refractivity contribution in [3.05, 3.63) is 48.2 Å². The standard InChI is InChI=1S/C14H13FN2O2/c1-9(7-13(18)19)14-16-6-5-12(17-14)10-3-2-4-11(15)8-10/h2-6,8-9H,7H2,1H3,(H,18,19). The lowest BCUT2D eigenvalue weighted by molar-refractivity contribution is -0.137. The number of hydrogen-bond donors (Lipinski definition) is 1. The minimum absolute atomic E-state index is 0.0351. The summed E-state index contributed by atoms with van der Waals surface area (Å²) in [6, 6.07) is 7.77. The highest BCUT2D eigenvalue weighted by Gasteiger charge is 2.13. The van der Waals surface area contributed by atoms with Crippen LogP contribution in [-0.4, -0.2) is 21.0 Å². The number of benzene rings is 1. The Labute approximate surface area is 110 Å². The predicted octanol–water partition coefficient (Wildman–Crippen LogP) is 2.86. The van der Waals surface area contributed by atoms with Gasteiger partial charge in [0.15, 0.2) is 0 Å². The van der Waals surface area contributed by atoms with E-state index in [1.165, 1.54) is 12.1 Å². The van der Waals surface area contributed by atoms with Gasteiger partial charge in [-0.25, -0.2) is 14.4 Å². The zero-order chi connectivity index (χ0) is 13.8. The third kappa shape index (κ3) is 3.34. The van der Waals surface area contributed by atoms with Crippen LogP contribution < -0.4 is 0 Å². The molecule has 1 N–H and O–H groups in total. The summed E-state index contributed by atoms with van der Waals surface area (Å²) >= 11 is 0. The molecule has 19 heavy (non-hydrogen) atoms. The van der Waals surface area contributed by atoms with E-state index in [4.69, 9.17) is 5.11 Å². The van der Waals surface area contributed by atoms with Crippen molar-refractivity contribution in [2.75, 3.05) is 0 Å². The summed E-state index contributed by atoms with van der Waals surface area (Å²) in [5.74, 6) is -1.07. The summed E-state index contributed by atoms with van der Waals surface area (Å²) in [5, 5.41) is 8.76. The Hall–Kier alpha value is -2.30. The Bertz CT molecular complexity index is 602. The van der Waals surface area contributed by atoms with Gasteiger partial charge in [0.2, 0.25) is 0 Å². The summed E-state index contributed by atoms with van der Waals surface area (Å²) < 4.78 is 13.2. The lowest BCUT2D eigenvalue weighted by Crippen LogP contribution is -2.07. The van der Waals surface area contributed by atoms with Crippen molar-refractivity contribution in [3.8, 4) is 11.3 Å². The van der Waals surface area contributed by atoms with Crippen molar-refractivity contribution < 1.29 is 14.3 Å². The molecule has 0 spiro atoms. The van der Waals surface area contributed by atoms with Gasteiger partial charge in [-0.3, -0.25) is 4.79 Å². The maximum Gasteiger partial charge on any atom is 0.304 e. The largest absolute Gasteiger partial charge is 0.481 e. The second-order valence-corrected chi connectivity index (χ2v) is 4.31. The highest BCUT2D eigenvalue weighted by molar-refractivity contribution is 5.67. The van der Waals surface area contributed by atoms with E-state index in [0.29, 0.717) is 17.1 Å². The molecule has 1 atom stereocenters. The zero-order valence-electron chi connectivity index (χ0n) is 10.4. The average molecular weight is 260 g/mol. The molecule has 98 valence electrons. The molecule has 0 aliphatic heterocycles. The normalized spacial score (nSPS) is 12.1. The van der Waals surface area contributed by atoms with Crippen LogP contribution in [0.15, 0.2) is 36.5 Å². The molecule has 0 amide bonds. The van der Waals surface area contributed by atoms with Crippen molar-refractivity contribution in [1.29, 1.82) is 0 Å². The van der Waals surface area contributed by atoms with Crippen molar-refractivity contribution >= 4 is 5.97 Å². The highest BCUT2D eigenvalue weighted by atomic mass is 19.1. The molecule has 2 aromatic rings. The molecule has 0 fully saturated rings. The van der Waals surface area contributed by atoms with E-state index in [2.05, 4.69) is 9.97 Å². The summed E-state index contributed by atoms with van der Waals surface area (Å²) in [6.45, 7) is 1.75. The predicted molar refractivity (Wildman–Crippen MR) is 68.1 cm³/mol. The van der Waals surface area contributed by atoms with Gasteiger partial charge in [-0.05, 0) is 18.2 Å². The summed E-state index contributed by atoms with van der Waals surface area (Å²) in [6.07, 6.45) is 1.52. The van der Waals surface area contributed by atoms with E-state index >= 15 is 0 Å². The molecule has 4 nitrogen and oxygen atoms in total. The van der Waals surface area contributed by atoms with Crippen molar-refractivity contribution in [2.45, 2.75) is 19.3 Å². The monoisotopic (exact) mass is 260 g/mol. The first-order chi connectivity index (χ1) is 9.06. The Morgan fingerprint density at radius 2 is 2.21 bits per heavy atom. The first kappa shape index (κ1) is 13.1. The number of aliphatic carboxylic acids is 1. The minimum atomic E-state index is -0.896. The first-order valence-corrected chi connectivity index (χ1v) is 5.87. The van der Waals surface area contributed by atoms with Crippen LogP contribution in [-0.2, 0) is 4.79 Å². The zero-order valence-corrected chi connectivity index (χ0v) is 10.4. The van der Waals surface area contributed by atoms with Gasteiger partial charge < -0.3 is 5.11 Å². The van der Waals surface area contributed by atoms with Crippen LogP contribution in [0.4, 0.5) is 4.39 Å². The molecule has 1 aromatic carbocycles. The molecule has 2 rings (SSSR count). The number of halogens is 1. The van der Waals surface area contributed by atoms with Gasteiger partial charge in [0, 0.05) is 17.7 Å². The summed E-state index contributed by atoms with van der Waals surface area (Å²) in [5.41, 5.74) is 1.23. The Morgan fingerprint density at radius 1 is 1.42 bits per heavy atom. The highest BCUT2D eigenvalue weighted by Crippen LogP contribution is 2.21. The molecule has 1 unspecified atom stereocenters. The van der Waals surface area contributed by atoms with E-state index < -0.39 is 5.97 Å². The van der Waals surface area contributed by atoms with Crippen LogP contribution in [0.5, 0.6) is 0 Å². The van der Waals surface area contributed by atoms with Gasteiger partial charge in [-0.2, -0.15) is 0 Å². The van der Waals surface area contributed by atoms with Gasteiger partial charge in [-0.1, -0.05) is 19.1 Å². The topological polar surface area (TPSA) is 63.1 Å². The van der Waals surface area contributed by atoms with E-state index in [9.17, 15) is 9.18 Å². The van der Waals surface area contributed by atoms with Gasteiger partial charge in [0.05, 0.1) is 12.1 Å². The number of nitrogens with zero attached hydrogens (tertiary/aromatic N) is 2. The van der Waals surface area contributed by atoms with Crippen LogP contribution in [0, 0.1) is 5.82 Å². The van der Waals surface area contributed by atoms with Crippen molar-refractivity contribution in [3.63, 3.8) is 0 Å². The second kappa shape index (κ2) is 5.56. The second-order valence-electron chi connectivity index (χ2n) is 4.31. The molecular weight excluding hydrogens is 247 g/mol. The van der Waals surface area contributed by atoms with Gasteiger partial charge in [0.25, 0.3) is 0 Å². The van der Waals surface area contributed by atoms with Crippen LogP contribution in [0.25, 0.3) is 11.3 Å². The van der Waals surface area contributed by atoms with Gasteiger partial charge >= 0.3 is 5.97 Å². The molecule has 0 aliphatic rings. The van der Waals surface area contributed by atoms with Gasteiger partial charge in [0.1, 0.15) is 11.6 Å². The molecule has 0 saturated heterocycles.